The molecule has 0 aliphatic carbocycles. The number of benzene rings is 2. The Balaban J connectivity index is 2.15. The normalized spacial score (nSPS) is 11.5. The van der Waals surface area contributed by atoms with E-state index < -0.39 is 0 Å². The fourth-order valence-electron chi connectivity index (χ4n) is 2.34. The summed E-state index contributed by atoms with van der Waals surface area (Å²) in [6.45, 7) is 0. The minimum Gasteiger partial charge on any atom is -0.497 e. The molecule has 0 bridgehead atoms. The number of hydrogen-bond acceptors (Lipinski definition) is 3. The van der Waals surface area contributed by atoms with Gasteiger partial charge in [-0.15, -0.1) is 0 Å². The molecule has 0 amide bonds. The summed E-state index contributed by atoms with van der Waals surface area (Å²) < 4.78 is 10.3. The minimum absolute atomic E-state index is 0.189. The van der Waals surface area contributed by atoms with Gasteiger partial charge in [0.1, 0.15) is 11.5 Å². The van der Waals surface area contributed by atoms with Crippen LogP contribution in [-0.2, 0) is 6.42 Å². The molecule has 0 N–H and O–H groups in total. The van der Waals surface area contributed by atoms with Crippen LogP contribution in [0.4, 0.5) is 0 Å². The molecule has 3 heteroatoms. The van der Waals surface area contributed by atoms with Crippen LogP contribution in [0, 0.1) is 11.3 Å². The Hall–Kier alpha value is -2.47. The quantitative estimate of drug-likeness (QED) is 0.805. The Morgan fingerprint density at radius 3 is 1.90 bits per heavy atom. The van der Waals surface area contributed by atoms with E-state index >= 15 is 0 Å². The van der Waals surface area contributed by atoms with Gasteiger partial charge in [-0.3, -0.25) is 0 Å². The molecule has 2 rings (SSSR count). The van der Waals surface area contributed by atoms with Gasteiger partial charge >= 0.3 is 0 Å². The van der Waals surface area contributed by atoms with Crippen molar-refractivity contribution in [3.05, 3.63) is 59.7 Å². The number of nitrogens with zero attached hydrogens (tertiary/aromatic N) is 1. The second kappa shape index (κ2) is 7.35. The van der Waals surface area contributed by atoms with Gasteiger partial charge in [0.15, 0.2) is 0 Å². The predicted octanol–water partition coefficient (Wildman–Crippen LogP) is 3.94. The lowest BCUT2D eigenvalue weighted by atomic mass is 9.90. The van der Waals surface area contributed by atoms with Crippen LogP contribution in [0.2, 0.25) is 0 Å². The zero-order chi connectivity index (χ0) is 15.1. The predicted molar refractivity (Wildman–Crippen MR) is 82.7 cm³/mol. The van der Waals surface area contributed by atoms with Crippen LogP contribution < -0.4 is 9.47 Å². The highest BCUT2D eigenvalue weighted by molar-refractivity contribution is 5.33. The van der Waals surface area contributed by atoms with E-state index in [9.17, 15) is 0 Å². The van der Waals surface area contributed by atoms with Crippen molar-refractivity contribution in [2.75, 3.05) is 14.2 Å². The molecule has 1 atom stereocenters. The van der Waals surface area contributed by atoms with Crippen molar-refractivity contribution >= 4 is 0 Å². The maximum atomic E-state index is 9.06. The smallest absolute Gasteiger partial charge is 0.118 e. The molecule has 2 aromatic rings. The van der Waals surface area contributed by atoms with E-state index in [-0.39, 0.29) is 5.92 Å². The summed E-state index contributed by atoms with van der Waals surface area (Å²) in [7, 11) is 3.31. The topological polar surface area (TPSA) is 42.2 Å². The SMILES string of the molecule is COc1ccc(CC(CC#N)c2ccc(OC)cc2)cc1. The summed E-state index contributed by atoms with van der Waals surface area (Å²) in [6, 6.07) is 18.2. The van der Waals surface area contributed by atoms with Crippen LogP contribution in [-0.4, -0.2) is 14.2 Å². The minimum atomic E-state index is 0.189. The molecule has 0 radical (unpaired) electrons. The molecule has 0 aliphatic heterocycles. The number of rotatable bonds is 6. The Labute approximate surface area is 125 Å². The first-order chi connectivity index (χ1) is 10.3. The zero-order valence-electron chi connectivity index (χ0n) is 12.4. The molecule has 108 valence electrons. The average Bonchev–Trinajstić information content (AvgIpc) is 2.55. The highest BCUT2D eigenvalue weighted by Crippen LogP contribution is 2.26. The number of hydrogen-bond donors (Lipinski definition) is 0. The Morgan fingerprint density at radius 2 is 1.43 bits per heavy atom. The largest absolute Gasteiger partial charge is 0.497 e. The third-order valence-electron chi connectivity index (χ3n) is 3.57. The van der Waals surface area contributed by atoms with E-state index in [0.717, 1.165) is 23.5 Å². The van der Waals surface area contributed by atoms with E-state index in [1.54, 1.807) is 14.2 Å². The molecule has 0 saturated carbocycles. The monoisotopic (exact) mass is 281 g/mol. The van der Waals surface area contributed by atoms with Gasteiger partial charge in [-0.2, -0.15) is 5.26 Å². The molecule has 1 unspecified atom stereocenters. The highest BCUT2D eigenvalue weighted by Gasteiger charge is 2.12. The molecule has 21 heavy (non-hydrogen) atoms. The van der Waals surface area contributed by atoms with E-state index in [1.807, 2.05) is 48.5 Å². The van der Waals surface area contributed by atoms with Crippen molar-refractivity contribution in [1.82, 2.24) is 0 Å². The van der Waals surface area contributed by atoms with Gasteiger partial charge in [-0.1, -0.05) is 24.3 Å². The fraction of sp³-hybridized carbons (Fsp3) is 0.278. The summed E-state index contributed by atoms with van der Waals surface area (Å²) in [4.78, 5) is 0. The summed E-state index contributed by atoms with van der Waals surface area (Å²) >= 11 is 0. The van der Waals surface area contributed by atoms with E-state index in [0.29, 0.717) is 6.42 Å². The molecule has 2 aromatic carbocycles. The number of nitriles is 1. The summed E-state index contributed by atoms with van der Waals surface area (Å²) in [6.07, 6.45) is 1.34. The first kappa shape index (κ1) is 14.9. The van der Waals surface area contributed by atoms with Crippen molar-refractivity contribution in [2.24, 2.45) is 0 Å². The van der Waals surface area contributed by atoms with Gasteiger partial charge in [0.05, 0.1) is 20.3 Å². The van der Waals surface area contributed by atoms with E-state index in [1.165, 1.54) is 5.56 Å². The van der Waals surface area contributed by atoms with Crippen LogP contribution in [0.3, 0.4) is 0 Å². The molecular formula is C18H19NO2. The van der Waals surface area contributed by atoms with Crippen molar-refractivity contribution in [3.63, 3.8) is 0 Å². The van der Waals surface area contributed by atoms with Gasteiger partial charge in [0.2, 0.25) is 0 Å². The Kier molecular flexibility index (Phi) is 5.22. The molecule has 0 spiro atoms. The maximum Gasteiger partial charge on any atom is 0.118 e. The second-order valence-electron chi connectivity index (χ2n) is 4.88. The van der Waals surface area contributed by atoms with Crippen molar-refractivity contribution in [2.45, 2.75) is 18.8 Å². The summed E-state index contributed by atoms with van der Waals surface area (Å²) in [5.74, 6) is 1.87. The second-order valence-corrected chi connectivity index (χ2v) is 4.88. The van der Waals surface area contributed by atoms with Crippen molar-refractivity contribution in [3.8, 4) is 17.6 Å². The van der Waals surface area contributed by atoms with Gasteiger partial charge in [-0.25, -0.2) is 0 Å². The first-order valence-electron chi connectivity index (χ1n) is 6.90. The van der Waals surface area contributed by atoms with Crippen LogP contribution >= 0.6 is 0 Å². The molecular weight excluding hydrogens is 262 g/mol. The lowest BCUT2D eigenvalue weighted by Crippen LogP contribution is -2.02. The Bertz CT molecular complexity index is 597. The van der Waals surface area contributed by atoms with Crippen LogP contribution in [0.25, 0.3) is 0 Å². The van der Waals surface area contributed by atoms with Crippen LogP contribution in [0.15, 0.2) is 48.5 Å². The van der Waals surface area contributed by atoms with Gasteiger partial charge in [0, 0.05) is 12.3 Å². The van der Waals surface area contributed by atoms with Gasteiger partial charge in [-0.05, 0) is 41.8 Å². The van der Waals surface area contributed by atoms with Gasteiger partial charge < -0.3 is 9.47 Å². The molecule has 0 aliphatic rings. The molecule has 0 saturated heterocycles. The maximum absolute atomic E-state index is 9.06. The molecule has 0 fully saturated rings. The van der Waals surface area contributed by atoms with E-state index in [2.05, 4.69) is 6.07 Å². The number of methoxy groups -OCH3 is 2. The van der Waals surface area contributed by atoms with Crippen molar-refractivity contribution in [1.29, 1.82) is 5.26 Å². The summed E-state index contributed by atoms with van der Waals surface area (Å²) in [5.41, 5.74) is 2.36. The molecule has 3 nitrogen and oxygen atoms in total. The highest BCUT2D eigenvalue weighted by atomic mass is 16.5. The van der Waals surface area contributed by atoms with E-state index in [4.69, 9.17) is 14.7 Å². The lowest BCUT2D eigenvalue weighted by Gasteiger charge is -2.15. The molecule has 0 aromatic heterocycles. The summed E-state index contributed by atoms with van der Waals surface area (Å²) in [5, 5.41) is 9.06. The van der Waals surface area contributed by atoms with Gasteiger partial charge in [0.25, 0.3) is 0 Å². The zero-order valence-corrected chi connectivity index (χ0v) is 12.4. The first-order valence-corrected chi connectivity index (χ1v) is 6.90. The average molecular weight is 281 g/mol. The molecule has 0 heterocycles. The van der Waals surface area contributed by atoms with Crippen molar-refractivity contribution < 1.29 is 9.47 Å². The number of ether oxygens (including phenoxy) is 2. The fourth-order valence-corrected chi connectivity index (χ4v) is 2.34. The lowest BCUT2D eigenvalue weighted by molar-refractivity contribution is 0.414. The third-order valence-corrected chi connectivity index (χ3v) is 3.57. The van der Waals surface area contributed by atoms with Crippen LogP contribution in [0.5, 0.6) is 11.5 Å². The standard InChI is InChI=1S/C18H19NO2/c1-20-17-7-3-14(4-8-17)13-16(11-12-19)15-5-9-18(21-2)10-6-15/h3-10,16H,11,13H2,1-2H3. The third kappa shape index (κ3) is 4.00. The van der Waals surface area contributed by atoms with Crippen LogP contribution in [0.1, 0.15) is 23.5 Å². The Morgan fingerprint density at radius 1 is 0.905 bits per heavy atom.